The Bertz CT molecular complexity index is 429. The van der Waals surface area contributed by atoms with Crippen molar-refractivity contribution in [3.8, 4) is 0 Å². The first kappa shape index (κ1) is 16.8. The van der Waals surface area contributed by atoms with Gasteiger partial charge < -0.3 is 0 Å². The van der Waals surface area contributed by atoms with Crippen molar-refractivity contribution in [2.75, 3.05) is 0 Å². The smallest absolute Gasteiger partial charge is 0.0228 e. The van der Waals surface area contributed by atoms with E-state index >= 15 is 0 Å². The lowest BCUT2D eigenvalue weighted by Crippen LogP contribution is -2.11. The minimum absolute atomic E-state index is 0.902. The molecule has 0 spiro atoms. The molecule has 0 aromatic carbocycles. The first-order valence-corrected chi connectivity index (χ1v) is 10.0. The minimum Gasteiger partial charge on any atom is -0.0885 e. The quantitative estimate of drug-likeness (QED) is 0.422. The molecule has 4 unspecified atom stereocenters. The van der Waals surface area contributed by atoms with Crippen molar-refractivity contribution < 1.29 is 0 Å². The first-order chi connectivity index (χ1) is 11.4. The maximum absolute atomic E-state index is 2.43. The average Bonchev–Trinajstić information content (AvgIpc) is 2.91. The molecule has 0 aliphatic heterocycles. The predicted octanol–water partition coefficient (Wildman–Crippen LogP) is 7.01. The zero-order valence-corrected chi connectivity index (χ0v) is 14.7. The van der Waals surface area contributed by atoms with Gasteiger partial charge in [0.05, 0.1) is 0 Å². The summed E-state index contributed by atoms with van der Waals surface area (Å²) in [5.41, 5.74) is 0. The summed E-state index contributed by atoms with van der Waals surface area (Å²) < 4.78 is 0. The molecule has 0 aromatic rings. The second kappa shape index (κ2) is 9.30. The third kappa shape index (κ3) is 5.52. The van der Waals surface area contributed by atoms with Crippen LogP contribution < -0.4 is 0 Å². The van der Waals surface area contributed by atoms with Gasteiger partial charge in [-0.05, 0) is 94.3 Å². The van der Waals surface area contributed by atoms with Crippen LogP contribution in [0.2, 0.25) is 0 Å². The van der Waals surface area contributed by atoms with Gasteiger partial charge in [-0.25, -0.2) is 0 Å². The van der Waals surface area contributed by atoms with E-state index in [-0.39, 0.29) is 0 Å². The van der Waals surface area contributed by atoms with Gasteiger partial charge in [0.2, 0.25) is 0 Å². The monoisotopic (exact) mass is 310 g/mol. The third-order valence-electron chi connectivity index (χ3n) is 6.14. The van der Waals surface area contributed by atoms with Crippen molar-refractivity contribution >= 4 is 0 Å². The van der Waals surface area contributed by atoms with Crippen LogP contribution in [0.25, 0.3) is 0 Å². The fraction of sp³-hybridized carbons (Fsp3) is 0.652. The molecule has 23 heavy (non-hydrogen) atoms. The van der Waals surface area contributed by atoms with Gasteiger partial charge in [-0.15, -0.1) is 0 Å². The molecule has 4 aliphatic carbocycles. The van der Waals surface area contributed by atoms with Crippen LogP contribution in [0.4, 0.5) is 0 Å². The standard InChI is InChI=1S/C12H18.C11H16/c1-3-7-11-9-5-2-6-10-12(11)8-4-1;1-2-5-10-7-4-8-11(9-10)6-3-1/h1-3,6,11-12H,4-5,7-10H2;1-2,4,8,10-11H,3,5-7,9H2. The summed E-state index contributed by atoms with van der Waals surface area (Å²) >= 11 is 0. The van der Waals surface area contributed by atoms with Crippen molar-refractivity contribution in [1.29, 1.82) is 0 Å². The van der Waals surface area contributed by atoms with Crippen molar-refractivity contribution in [2.24, 2.45) is 23.7 Å². The van der Waals surface area contributed by atoms with E-state index in [0.29, 0.717) is 0 Å². The Labute approximate surface area is 143 Å². The first-order valence-electron chi connectivity index (χ1n) is 10.0. The Kier molecular flexibility index (Phi) is 6.80. The molecule has 0 saturated heterocycles. The van der Waals surface area contributed by atoms with Crippen LogP contribution in [0.1, 0.15) is 70.6 Å². The number of hydrogen-bond acceptors (Lipinski definition) is 0. The van der Waals surface area contributed by atoms with Crippen LogP contribution in [0.3, 0.4) is 0 Å². The number of rotatable bonds is 0. The van der Waals surface area contributed by atoms with Crippen LogP contribution in [-0.2, 0) is 0 Å². The summed E-state index contributed by atoms with van der Waals surface area (Å²) in [5.74, 6) is 3.83. The van der Waals surface area contributed by atoms with Crippen LogP contribution in [0, 0.1) is 23.7 Å². The number of hydrogen-bond donors (Lipinski definition) is 0. The van der Waals surface area contributed by atoms with Gasteiger partial charge in [0.25, 0.3) is 0 Å². The third-order valence-corrected chi connectivity index (χ3v) is 6.14. The van der Waals surface area contributed by atoms with Crippen molar-refractivity contribution in [3.05, 3.63) is 48.6 Å². The Morgan fingerprint density at radius 3 is 1.78 bits per heavy atom. The Morgan fingerprint density at radius 1 is 0.522 bits per heavy atom. The molecule has 2 bridgehead atoms. The summed E-state index contributed by atoms with van der Waals surface area (Å²) in [4.78, 5) is 0. The minimum atomic E-state index is 0.902. The van der Waals surface area contributed by atoms with Gasteiger partial charge in [-0.3, -0.25) is 0 Å². The van der Waals surface area contributed by atoms with Gasteiger partial charge in [-0.2, -0.15) is 0 Å². The lowest BCUT2D eigenvalue weighted by Gasteiger charge is -2.25. The molecule has 4 aliphatic rings. The fourth-order valence-electron chi connectivity index (χ4n) is 4.68. The highest BCUT2D eigenvalue weighted by molar-refractivity contribution is 5.01. The van der Waals surface area contributed by atoms with E-state index in [1.54, 1.807) is 0 Å². The molecule has 0 heterocycles. The molecule has 0 radical (unpaired) electrons. The number of allylic oxidation sites excluding steroid dienone is 8. The maximum Gasteiger partial charge on any atom is -0.0228 e. The molecular weight excluding hydrogens is 276 g/mol. The topological polar surface area (TPSA) is 0 Å². The highest BCUT2D eigenvalue weighted by Crippen LogP contribution is 2.33. The second-order valence-corrected chi connectivity index (χ2v) is 7.90. The SMILES string of the molecule is C1=CCC2CC=CC(CC1)C2.C1=CCC2CCC=CCC2CC1. The molecule has 126 valence electrons. The van der Waals surface area contributed by atoms with E-state index in [4.69, 9.17) is 0 Å². The zero-order chi connectivity index (χ0) is 15.7. The maximum atomic E-state index is 2.43. The molecule has 0 amide bonds. The van der Waals surface area contributed by atoms with E-state index in [2.05, 4.69) is 48.6 Å². The van der Waals surface area contributed by atoms with Gasteiger partial charge in [-0.1, -0.05) is 48.6 Å². The molecular formula is C23H34. The Balaban J connectivity index is 0.000000136. The molecule has 0 fully saturated rings. The molecule has 0 nitrogen and oxygen atoms in total. The van der Waals surface area contributed by atoms with E-state index in [9.17, 15) is 0 Å². The normalized spacial score (nSPS) is 35.8. The summed E-state index contributed by atoms with van der Waals surface area (Å²) in [7, 11) is 0. The van der Waals surface area contributed by atoms with Crippen LogP contribution >= 0.6 is 0 Å². The predicted molar refractivity (Wildman–Crippen MR) is 101 cm³/mol. The van der Waals surface area contributed by atoms with Crippen molar-refractivity contribution in [3.63, 3.8) is 0 Å². The summed E-state index contributed by atoms with van der Waals surface area (Å²) in [5, 5.41) is 0. The lowest BCUT2D eigenvalue weighted by molar-refractivity contribution is 0.315. The fourth-order valence-corrected chi connectivity index (χ4v) is 4.68. The Hall–Kier alpha value is -1.04. The van der Waals surface area contributed by atoms with Crippen molar-refractivity contribution in [2.45, 2.75) is 70.6 Å². The summed E-state index contributed by atoms with van der Waals surface area (Å²) in [6.07, 6.45) is 34.0. The summed E-state index contributed by atoms with van der Waals surface area (Å²) in [6.45, 7) is 0. The average molecular weight is 311 g/mol. The largest absolute Gasteiger partial charge is 0.0885 e. The van der Waals surface area contributed by atoms with E-state index in [0.717, 1.165) is 23.7 Å². The van der Waals surface area contributed by atoms with Gasteiger partial charge in [0.1, 0.15) is 0 Å². The second-order valence-electron chi connectivity index (χ2n) is 7.90. The van der Waals surface area contributed by atoms with Crippen LogP contribution in [0.15, 0.2) is 48.6 Å². The highest BCUT2D eigenvalue weighted by Gasteiger charge is 2.21. The molecule has 0 aromatic heterocycles. The van der Waals surface area contributed by atoms with Crippen molar-refractivity contribution in [1.82, 2.24) is 0 Å². The highest BCUT2D eigenvalue weighted by atomic mass is 14.3. The Morgan fingerprint density at radius 2 is 1.09 bits per heavy atom. The number of fused-ring (bicyclic) bond motifs is 3. The van der Waals surface area contributed by atoms with Gasteiger partial charge in [0.15, 0.2) is 0 Å². The van der Waals surface area contributed by atoms with Crippen LogP contribution in [0.5, 0.6) is 0 Å². The van der Waals surface area contributed by atoms with E-state index in [1.807, 2.05) is 0 Å². The summed E-state index contributed by atoms with van der Waals surface area (Å²) in [6, 6.07) is 0. The molecule has 4 rings (SSSR count). The molecule has 0 heteroatoms. The molecule has 0 saturated carbocycles. The van der Waals surface area contributed by atoms with E-state index < -0.39 is 0 Å². The van der Waals surface area contributed by atoms with Gasteiger partial charge in [0, 0.05) is 0 Å². The lowest BCUT2D eigenvalue weighted by atomic mass is 9.81. The molecule has 0 N–H and O–H groups in total. The van der Waals surface area contributed by atoms with Gasteiger partial charge >= 0.3 is 0 Å². The zero-order valence-electron chi connectivity index (χ0n) is 14.7. The van der Waals surface area contributed by atoms with E-state index in [1.165, 1.54) is 70.6 Å². The molecule has 4 atom stereocenters. The van der Waals surface area contributed by atoms with Crippen LogP contribution in [-0.4, -0.2) is 0 Å².